The predicted molar refractivity (Wildman–Crippen MR) is 110 cm³/mol. The van der Waals surface area contributed by atoms with Gasteiger partial charge in [0.25, 0.3) is 0 Å². The van der Waals surface area contributed by atoms with Crippen molar-refractivity contribution in [2.24, 2.45) is 0 Å². The predicted octanol–water partition coefficient (Wildman–Crippen LogP) is 4.33. The van der Waals surface area contributed by atoms with Crippen molar-refractivity contribution in [3.05, 3.63) is 72.0 Å². The maximum Gasteiger partial charge on any atom is 0.220 e. The molecule has 6 heteroatoms. The summed E-state index contributed by atoms with van der Waals surface area (Å²) in [7, 11) is 0. The molecule has 0 atom stereocenters. The number of aromatic nitrogens is 1. The van der Waals surface area contributed by atoms with Gasteiger partial charge >= 0.3 is 0 Å². The number of halogens is 1. The molecule has 29 heavy (non-hydrogen) atoms. The molecular weight excluding hydrogens is 369 g/mol. The van der Waals surface area contributed by atoms with Crippen LogP contribution < -0.4 is 10.2 Å². The molecule has 1 fully saturated rings. The Balaban J connectivity index is 1.23. The molecule has 1 aliphatic rings. The van der Waals surface area contributed by atoms with Gasteiger partial charge in [-0.3, -0.25) is 4.79 Å². The second-order valence-corrected chi connectivity index (χ2v) is 7.26. The molecule has 3 aromatic rings. The van der Waals surface area contributed by atoms with Gasteiger partial charge in [0, 0.05) is 43.7 Å². The molecule has 0 spiro atoms. The molecule has 0 aliphatic carbocycles. The average Bonchev–Trinajstić information content (AvgIpc) is 3.44. The van der Waals surface area contributed by atoms with Crippen molar-refractivity contribution in [3.63, 3.8) is 0 Å². The van der Waals surface area contributed by atoms with Crippen molar-refractivity contribution in [3.8, 4) is 11.3 Å². The van der Waals surface area contributed by atoms with Crippen LogP contribution in [0.4, 0.5) is 10.1 Å². The van der Waals surface area contributed by atoms with Gasteiger partial charge in [0.05, 0.1) is 6.20 Å². The number of carbonyl (C=O) groups excluding carboxylic acids is 1. The van der Waals surface area contributed by atoms with E-state index in [9.17, 15) is 9.18 Å². The third-order valence-electron chi connectivity index (χ3n) is 5.15. The lowest BCUT2D eigenvalue weighted by Crippen LogP contribution is -2.23. The molecule has 150 valence electrons. The Morgan fingerprint density at radius 1 is 1.07 bits per heavy atom. The lowest BCUT2D eigenvalue weighted by molar-refractivity contribution is -0.121. The second kappa shape index (κ2) is 8.90. The van der Waals surface area contributed by atoms with Crippen molar-refractivity contribution < 1.29 is 13.6 Å². The summed E-state index contributed by atoms with van der Waals surface area (Å²) in [5, 5.41) is 2.94. The molecule has 2 heterocycles. The van der Waals surface area contributed by atoms with Gasteiger partial charge in [0.15, 0.2) is 11.7 Å². The van der Waals surface area contributed by atoms with Crippen LogP contribution in [0.15, 0.2) is 59.1 Å². The number of nitrogens with one attached hydrogen (secondary N) is 1. The molecule has 0 bridgehead atoms. The quantitative estimate of drug-likeness (QED) is 0.649. The zero-order valence-corrected chi connectivity index (χ0v) is 16.2. The van der Waals surface area contributed by atoms with Crippen LogP contribution in [0.2, 0.25) is 0 Å². The highest BCUT2D eigenvalue weighted by atomic mass is 19.1. The number of oxazole rings is 1. The molecule has 1 aliphatic heterocycles. The minimum Gasteiger partial charge on any atom is -0.441 e. The number of carbonyl (C=O) groups is 1. The standard InChI is InChI=1S/C23H24FN3O2/c24-19-7-5-18(6-8-19)21-16-26-23(29-21)12-11-22(28)25-15-17-3-9-20(10-4-17)27-13-1-2-14-27/h3-10,16H,1-2,11-15H2,(H,25,28). The van der Waals surface area contributed by atoms with E-state index in [4.69, 9.17) is 4.42 Å². The minimum absolute atomic E-state index is 0.0462. The van der Waals surface area contributed by atoms with Gasteiger partial charge in [-0.05, 0) is 54.8 Å². The number of aryl methyl sites for hydroxylation is 1. The Kier molecular flexibility index (Phi) is 5.89. The average molecular weight is 393 g/mol. The van der Waals surface area contributed by atoms with E-state index in [1.54, 1.807) is 18.3 Å². The largest absolute Gasteiger partial charge is 0.441 e. The van der Waals surface area contributed by atoms with E-state index < -0.39 is 0 Å². The lowest BCUT2D eigenvalue weighted by atomic mass is 10.2. The molecule has 0 radical (unpaired) electrons. The summed E-state index contributed by atoms with van der Waals surface area (Å²) in [5.74, 6) is 0.721. The monoisotopic (exact) mass is 393 g/mol. The molecule has 4 rings (SSSR count). The van der Waals surface area contributed by atoms with Crippen molar-refractivity contribution in [1.82, 2.24) is 10.3 Å². The van der Waals surface area contributed by atoms with E-state index in [-0.39, 0.29) is 11.7 Å². The fraction of sp³-hybridized carbons (Fsp3) is 0.304. The first-order valence-corrected chi connectivity index (χ1v) is 9.98. The minimum atomic E-state index is -0.296. The lowest BCUT2D eigenvalue weighted by Gasteiger charge is -2.17. The molecule has 0 unspecified atom stereocenters. The molecule has 2 aromatic carbocycles. The molecule has 0 saturated carbocycles. The Hall–Kier alpha value is -3.15. The number of anilines is 1. The highest BCUT2D eigenvalue weighted by molar-refractivity contribution is 5.76. The third-order valence-corrected chi connectivity index (χ3v) is 5.15. The van der Waals surface area contributed by atoms with Crippen molar-refractivity contribution in [2.45, 2.75) is 32.2 Å². The van der Waals surface area contributed by atoms with Crippen LogP contribution in [0.5, 0.6) is 0 Å². The number of nitrogens with zero attached hydrogens (tertiary/aromatic N) is 2. The highest BCUT2D eigenvalue weighted by Crippen LogP contribution is 2.22. The van der Waals surface area contributed by atoms with Crippen molar-refractivity contribution >= 4 is 11.6 Å². The Bertz CT molecular complexity index is 945. The summed E-state index contributed by atoms with van der Waals surface area (Å²) in [5.41, 5.74) is 3.08. The summed E-state index contributed by atoms with van der Waals surface area (Å²) < 4.78 is 18.7. The Morgan fingerprint density at radius 2 is 1.79 bits per heavy atom. The zero-order chi connectivity index (χ0) is 20.1. The SMILES string of the molecule is O=C(CCc1ncc(-c2ccc(F)cc2)o1)NCc1ccc(N2CCCC2)cc1. The number of rotatable bonds is 7. The van der Waals surface area contributed by atoms with Gasteiger partial charge in [0.2, 0.25) is 5.91 Å². The van der Waals surface area contributed by atoms with Crippen LogP contribution >= 0.6 is 0 Å². The van der Waals surface area contributed by atoms with Crippen LogP contribution in [0, 0.1) is 5.82 Å². The van der Waals surface area contributed by atoms with E-state index in [0.717, 1.165) is 24.2 Å². The summed E-state index contributed by atoms with van der Waals surface area (Å²) in [6.07, 6.45) is 4.83. The van der Waals surface area contributed by atoms with Gasteiger partial charge in [-0.15, -0.1) is 0 Å². The Morgan fingerprint density at radius 3 is 2.52 bits per heavy atom. The van der Waals surface area contributed by atoms with E-state index in [2.05, 4.69) is 39.5 Å². The summed E-state index contributed by atoms with van der Waals surface area (Å²) in [4.78, 5) is 18.7. The summed E-state index contributed by atoms with van der Waals surface area (Å²) in [6, 6.07) is 14.4. The molecule has 1 N–H and O–H groups in total. The smallest absolute Gasteiger partial charge is 0.220 e. The summed E-state index contributed by atoms with van der Waals surface area (Å²) >= 11 is 0. The first-order chi connectivity index (χ1) is 14.2. The number of benzene rings is 2. The molecule has 5 nitrogen and oxygen atoms in total. The second-order valence-electron chi connectivity index (χ2n) is 7.26. The number of amides is 1. The summed E-state index contributed by atoms with van der Waals surface area (Å²) in [6.45, 7) is 2.76. The van der Waals surface area contributed by atoms with Gasteiger partial charge in [-0.25, -0.2) is 9.37 Å². The fourth-order valence-electron chi connectivity index (χ4n) is 3.48. The van der Waals surface area contributed by atoms with E-state index in [1.807, 2.05) is 0 Å². The van der Waals surface area contributed by atoms with Gasteiger partial charge in [-0.1, -0.05) is 12.1 Å². The number of hydrogen-bond donors (Lipinski definition) is 1. The molecule has 1 amide bonds. The maximum atomic E-state index is 13.0. The van der Waals surface area contributed by atoms with Crippen molar-refractivity contribution in [1.29, 1.82) is 0 Å². The van der Waals surface area contributed by atoms with Gasteiger partial charge in [-0.2, -0.15) is 0 Å². The first kappa shape index (κ1) is 19.2. The normalized spacial score (nSPS) is 13.6. The van der Waals surface area contributed by atoms with Crippen LogP contribution in [0.1, 0.15) is 30.7 Å². The van der Waals surface area contributed by atoms with Crippen molar-refractivity contribution in [2.75, 3.05) is 18.0 Å². The number of hydrogen-bond acceptors (Lipinski definition) is 4. The topological polar surface area (TPSA) is 58.4 Å². The highest BCUT2D eigenvalue weighted by Gasteiger charge is 2.12. The van der Waals surface area contributed by atoms with Crippen LogP contribution in [-0.2, 0) is 17.8 Å². The van der Waals surface area contributed by atoms with Crippen LogP contribution in [-0.4, -0.2) is 24.0 Å². The zero-order valence-electron chi connectivity index (χ0n) is 16.2. The van der Waals surface area contributed by atoms with Crippen LogP contribution in [0.3, 0.4) is 0 Å². The van der Waals surface area contributed by atoms with E-state index >= 15 is 0 Å². The van der Waals surface area contributed by atoms with E-state index in [1.165, 1.54) is 30.7 Å². The molecule has 1 aromatic heterocycles. The fourth-order valence-corrected chi connectivity index (χ4v) is 3.48. The van der Waals surface area contributed by atoms with Gasteiger partial charge in [0.1, 0.15) is 5.82 Å². The third kappa shape index (κ3) is 5.02. The maximum absolute atomic E-state index is 13.0. The van der Waals surface area contributed by atoms with Gasteiger partial charge < -0.3 is 14.6 Å². The molecule has 1 saturated heterocycles. The Labute approximate surface area is 169 Å². The van der Waals surface area contributed by atoms with E-state index in [0.29, 0.717) is 31.0 Å². The van der Waals surface area contributed by atoms with Crippen LogP contribution in [0.25, 0.3) is 11.3 Å². The molecular formula is C23H24FN3O2. The first-order valence-electron chi connectivity index (χ1n) is 9.98.